The molecule has 0 radical (unpaired) electrons. The van der Waals surface area contributed by atoms with E-state index in [1.54, 1.807) is 24.5 Å². The van der Waals surface area contributed by atoms with Gasteiger partial charge in [-0.25, -0.2) is 23.7 Å². The van der Waals surface area contributed by atoms with Crippen LogP contribution < -0.4 is 16.0 Å². The van der Waals surface area contributed by atoms with E-state index in [-0.39, 0.29) is 40.1 Å². The van der Waals surface area contributed by atoms with E-state index in [1.807, 2.05) is 7.05 Å². The number of nitrogens with zero attached hydrogens (tertiary/aromatic N) is 4. The van der Waals surface area contributed by atoms with E-state index in [1.165, 1.54) is 12.1 Å². The average molecular weight is 508 g/mol. The number of fused-ring (bicyclic) bond motifs is 1. The lowest BCUT2D eigenvalue weighted by Gasteiger charge is -2.29. The summed E-state index contributed by atoms with van der Waals surface area (Å²) in [4.78, 5) is 28.2. The number of hydrogen-bond acceptors (Lipinski definition) is 7. The van der Waals surface area contributed by atoms with E-state index < -0.39 is 6.43 Å². The number of aromatic nitrogens is 3. The first kappa shape index (κ1) is 25.0. The third kappa shape index (κ3) is 5.39. The molecule has 1 amide bonds. The number of halogens is 2. The lowest BCUT2D eigenvalue weighted by Crippen LogP contribution is -2.43. The molecule has 0 spiro atoms. The molecule has 10 heteroatoms. The predicted octanol–water partition coefficient (Wildman–Crippen LogP) is 4.75. The molecule has 1 aromatic carbocycles. The van der Waals surface area contributed by atoms with Crippen molar-refractivity contribution in [2.24, 2.45) is 0 Å². The quantitative estimate of drug-likeness (QED) is 0.443. The van der Waals surface area contributed by atoms with Crippen molar-refractivity contribution in [3.63, 3.8) is 0 Å². The van der Waals surface area contributed by atoms with E-state index >= 15 is 0 Å². The number of benzene rings is 1. The Bertz CT molecular complexity index is 1310. The van der Waals surface area contributed by atoms with Gasteiger partial charge in [0.05, 0.1) is 5.69 Å². The van der Waals surface area contributed by atoms with Crippen molar-refractivity contribution in [3.05, 3.63) is 59.4 Å². The number of nitrogens with one attached hydrogen (secondary N) is 3. The minimum Gasteiger partial charge on any atom is -0.369 e. The zero-order valence-electron chi connectivity index (χ0n) is 21.2. The topological polar surface area (TPSA) is 95.1 Å². The molecule has 0 saturated carbocycles. The van der Waals surface area contributed by atoms with Gasteiger partial charge in [-0.05, 0) is 63.3 Å². The Morgan fingerprint density at radius 3 is 2.70 bits per heavy atom. The van der Waals surface area contributed by atoms with Crippen molar-refractivity contribution in [1.29, 1.82) is 0 Å². The molecule has 0 bridgehead atoms. The van der Waals surface area contributed by atoms with Crippen LogP contribution in [0.2, 0.25) is 0 Å². The largest absolute Gasteiger partial charge is 0.369 e. The average Bonchev–Trinajstić information content (AvgIpc) is 3.19. The molecule has 0 atom stereocenters. The number of hydrogen-bond donors (Lipinski definition) is 3. The second-order valence-electron chi connectivity index (χ2n) is 10.4. The Kier molecular flexibility index (Phi) is 6.76. The van der Waals surface area contributed by atoms with Gasteiger partial charge in [-0.1, -0.05) is 13.8 Å². The third-order valence-corrected chi connectivity index (χ3v) is 7.12. The van der Waals surface area contributed by atoms with E-state index in [2.05, 4.69) is 55.7 Å². The first-order valence-electron chi connectivity index (χ1n) is 12.5. The summed E-state index contributed by atoms with van der Waals surface area (Å²) in [6, 6.07) is 8.11. The molecule has 2 aliphatic rings. The van der Waals surface area contributed by atoms with Crippen molar-refractivity contribution < 1.29 is 13.6 Å². The zero-order chi connectivity index (χ0) is 26.2. The Morgan fingerprint density at radius 2 is 1.95 bits per heavy atom. The maximum absolute atomic E-state index is 14.0. The fraction of sp³-hybridized carbons (Fsp3) is 0.407. The van der Waals surface area contributed by atoms with Crippen molar-refractivity contribution in [1.82, 2.24) is 25.2 Å². The number of alkyl halides is 2. The summed E-state index contributed by atoms with van der Waals surface area (Å²) < 4.78 is 28.0. The van der Waals surface area contributed by atoms with Crippen LogP contribution in [0.1, 0.15) is 54.6 Å². The predicted molar refractivity (Wildman–Crippen MR) is 139 cm³/mol. The van der Waals surface area contributed by atoms with Crippen LogP contribution in [0.25, 0.3) is 11.3 Å². The molecule has 194 valence electrons. The van der Waals surface area contributed by atoms with Crippen LogP contribution in [-0.2, 0) is 5.41 Å². The molecule has 8 nitrogen and oxygen atoms in total. The van der Waals surface area contributed by atoms with Gasteiger partial charge in [-0.3, -0.25) is 4.79 Å². The Morgan fingerprint density at radius 1 is 1.16 bits per heavy atom. The van der Waals surface area contributed by atoms with Gasteiger partial charge in [-0.2, -0.15) is 0 Å². The van der Waals surface area contributed by atoms with Crippen LogP contribution >= 0.6 is 0 Å². The van der Waals surface area contributed by atoms with Crippen molar-refractivity contribution in [2.75, 3.05) is 37.3 Å². The first-order chi connectivity index (χ1) is 17.7. The Hall–Kier alpha value is -3.66. The molecule has 5 rings (SSSR count). The number of piperidine rings is 1. The minimum atomic E-state index is -2.78. The van der Waals surface area contributed by atoms with Crippen molar-refractivity contribution >= 4 is 23.4 Å². The smallest absolute Gasteiger partial charge is 0.265 e. The zero-order valence-corrected chi connectivity index (χ0v) is 21.2. The van der Waals surface area contributed by atoms with E-state index in [9.17, 15) is 13.6 Å². The minimum absolute atomic E-state index is 0.0442. The number of likely N-dealkylation sites (tertiary alicyclic amines) is 1. The summed E-state index contributed by atoms with van der Waals surface area (Å²) in [5.41, 5.74) is 2.57. The summed E-state index contributed by atoms with van der Waals surface area (Å²) in [6.45, 7) is 6.88. The number of rotatable bonds is 6. The standard InChI is InChI=1S/C27H31F2N7O/c1-27(2)15-32-24-20(27)13-17(14-31-24)21-6-9-30-26(34-21)35-22-5-4-16(12-19(22)23(28)29)25(37)33-18-7-10-36(3)11-8-18/h4-6,9,12-14,18,23H,7-8,10-11,15H2,1-3H3,(H,31,32)(H,33,37)(H,30,34,35). The van der Waals surface area contributed by atoms with Gasteiger partial charge < -0.3 is 20.9 Å². The van der Waals surface area contributed by atoms with Gasteiger partial charge in [0.1, 0.15) is 5.82 Å². The van der Waals surface area contributed by atoms with Crippen LogP contribution in [0.15, 0.2) is 42.7 Å². The highest BCUT2D eigenvalue weighted by Crippen LogP contribution is 2.37. The molecule has 37 heavy (non-hydrogen) atoms. The summed E-state index contributed by atoms with van der Waals surface area (Å²) in [5, 5.41) is 9.20. The summed E-state index contributed by atoms with van der Waals surface area (Å²) in [6.07, 6.45) is 2.21. The number of amides is 1. The fourth-order valence-corrected chi connectivity index (χ4v) is 4.78. The number of anilines is 3. The number of carbonyl (C=O) groups is 1. The summed E-state index contributed by atoms with van der Waals surface area (Å²) >= 11 is 0. The molecule has 3 N–H and O–H groups in total. The normalized spacial score (nSPS) is 17.4. The molecular formula is C27H31F2N7O. The fourth-order valence-electron chi connectivity index (χ4n) is 4.78. The second kappa shape index (κ2) is 10.0. The highest BCUT2D eigenvalue weighted by molar-refractivity contribution is 5.95. The molecule has 2 aromatic heterocycles. The van der Waals surface area contributed by atoms with Crippen LogP contribution in [-0.4, -0.2) is 58.5 Å². The molecule has 0 unspecified atom stereocenters. The molecule has 0 aliphatic carbocycles. The van der Waals surface area contributed by atoms with Crippen molar-refractivity contribution in [2.45, 2.75) is 44.6 Å². The molecular weight excluding hydrogens is 476 g/mol. The van der Waals surface area contributed by atoms with Crippen molar-refractivity contribution in [3.8, 4) is 11.3 Å². The third-order valence-electron chi connectivity index (χ3n) is 7.12. The van der Waals surface area contributed by atoms with E-state index in [0.29, 0.717) is 5.69 Å². The summed E-state index contributed by atoms with van der Waals surface area (Å²) in [7, 11) is 2.04. The van der Waals surface area contributed by atoms with Gasteiger partial charge in [0, 0.05) is 58.3 Å². The van der Waals surface area contributed by atoms with Crippen LogP contribution in [0.5, 0.6) is 0 Å². The van der Waals surface area contributed by atoms with Crippen LogP contribution in [0.4, 0.5) is 26.2 Å². The van der Waals surface area contributed by atoms with Gasteiger partial charge in [0.15, 0.2) is 0 Å². The second-order valence-corrected chi connectivity index (χ2v) is 10.4. The van der Waals surface area contributed by atoms with Gasteiger partial charge in [-0.15, -0.1) is 0 Å². The Balaban J connectivity index is 1.35. The van der Waals surface area contributed by atoms with E-state index in [0.717, 1.165) is 49.4 Å². The van der Waals surface area contributed by atoms with Crippen LogP contribution in [0.3, 0.4) is 0 Å². The van der Waals surface area contributed by atoms with Gasteiger partial charge >= 0.3 is 0 Å². The molecule has 3 aromatic rings. The highest BCUT2D eigenvalue weighted by atomic mass is 19.3. The lowest BCUT2D eigenvalue weighted by atomic mass is 9.87. The number of carbonyl (C=O) groups excluding carboxylic acids is 1. The molecule has 1 saturated heterocycles. The first-order valence-corrected chi connectivity index (χ1v) is 12.5. The summed E-state index contributed by atoms with van der Waals surface area (Å²) in [5.74, 6) is 0.700. The maximum atomic E-state index is 14.0. The molecule has 1 fully saturated rings. The Labute approximate surface area is 214 Å². The molecule has 2 aliphatic heterocycles. The lowest BCUT2D eigenvalue weighted by molar-refractivity contribution is 0.0916. The highest BCUT2D eigenvalue weighted by Gasteiger charge is 2.31. The number of pyridine rings is 1. The SMILES string of the molecule is CN1CCC(NC(=O)c2ccc(Nc3nccc(-c4cnc5c(c4)C(C)(C)CN5)n3)c(C(F)F)c2)CC1. The van der Waals surface area contributed by atoms with Crippen LogP contribution in [0, 0.1) is 0 Å². The van der Waals surface area contributed by atoms with Gasteiger partial charge in [0.25, 0.3) is 12.3 Å². The molecule has 4 heterocycles. The van der Waals surface area contributed by atoms with E-state index in [4.69, 9.17) is 0 Å². The monoisotopic (exact) mass is 507 g/mol. The maximum Gasteiger partial charge on any atom is 0.265 e. The van der Waals surface area contributed by atoms with Gasteiger partial charge in [0.2, 0.25) is 5.95 Å².